The first-order chi connectivity index (χ1) is 8.92. The third-order valence-corrected chi connectivity index (χ3v) is 5.01. The van der Waals surface area contributed by atoms with E-state index in [0.717, 1.165) is 19.0 Å². The molecule has 0 amide bonds. The molecule has 1 saturated carbocycles. The summed E-state index contributed by atoms with van der Waals surface area (Å²) < 4.78 is 5.84. The minimum atomic E-state index is 0.383. The van der Waals surface area contributed by atoms with E-state index in [1.807, 2.05) is 0 Å². The molecule has 112 valence electrons. The quantitative estimate of drug-likeness (QED) is 0.851. The largest absolute Gasteiger partial charge is 0.373 e. The van der Waals surface area contributed by atoms with Crippen molar-refractivity contribution in [1.29, 1.82) is 0 Å². The maximum atomic E-state index is 5.84. The number of nitrogens with zero attached hydrogens (tertiary/aromatic N) is 1. The summed E-state index contributed by atoms with van der Waals surface area (Å²) in [5, 5.41) is 3.60. The highest BCUT2D eigenvalue weighted by Gasteiger charge is 2.39. The molecule has 0 bridgehead atoms. The molecule has 0 aromatic rings. The van der Waals surface area contributed by atoms with Gasteiger partial charge < -0.3 is 10.1 Å². The third kappa shape index (κ3) is 3.71. The maximum Gasteiger partial charge on any atom is 0.0678 e. The minimum absolute atomic E-state index is 0.383. The Morgan fingerprint density at radius 2 is 1.84 bits per heavy atom. The number of nitrogens with one attached hydrogen (secondary N) is 1. The second kappa shape index (κ2) is 6.11. The summed E-state index contributed by atoms with van der Waals surface area (Å²) >= 11 is 0. The zero-order valence-corrected chi connectivity index (χ0v) is 13.4. The molecule has 0 radical (unpaired) electrons. The first-order valence-electron chi connectivity index (χ1n) is 7.97. The van der Waals surface area contributed by atoms with Crippen molar-refractivity contribution in [2.75, 3.05) is 26.7 Å². The fraction of sp³-hybridized carbons (Fsp3) is 1.00. The van der Waals surface area contributed by atoms with Crippen molar-refractivity contribution < 1.29 is 4.74 Å². The molecule has 2 unspecified atom stereocenters. The highest BCUT2D eigenvalue weighted by molar-refractivity contribution is 4.94. The van der Waals surface area contributed by atoms with E-state index in [1.54, 1.807) is 0 Å². The van der Waals surface area contributed by atoms with Crippen LogP contribution in [-0.4, -0.2) is 49.8 Å². The van der Waals surface area contributed by atoms with Gasteiger partial charge in [0, 0.05) is 25.7 Å². The van der Waals surface area contributed by atoms with Crippen LogP contribution in [-0.2, 0) is 4.74 Å². The van der Waals surface area contributed by atoms with E-state index in [4.69, 9.17) is 4.74 Å². The Bertz CT molecular complexity index is 282. The van der Waals surface area contributed by atoms with Crippen molar-refractivity contribution in [3.8, 4) is 0 Å². The van der Waals surface area contributed by atoms with E-state index in [9.17, 15) is 0 Å². The van der Waals surface area contributed by atoms with Crippen molar-refractivity contribution in [2.45, 2.75) is 65.2 Å². The highest BCUT2D eigenvalue weighted by Crippen LogP contribution is 2.39. The van der Waals surface area contributed by atoms with Crippen LogP contribution in [0.25, 0.3) is 0 Å². The molecule has 4 atom stereocenters. The summed E-state index contributed by atoms with van der Waals surface area (Å²) in [6.45, 7) is 12.7. The van der Waals surface area contributed by atoms with Gasteiger partial charge in [-0.05, 0) is 45.1 Å². The number of rotatable bonds is 3. The Balaban J connectivity index is 1.97. The molecule has 0 spiro atoms. The molecule has 3 heteroatoms. The molecule has 0 aromatic carbocycles. The molecule has 2 rings (SSSR count). The van der Waals surface area contributed by atoms with Crippen molar-refractivity contribution in [1.82, 2.24) is 10.2 Å². The molecule has 1 aliphatic carbocycles. The van der Waals surface area contributed by atoms with E-state index < -0.39 is 0 Å². The fourth-order valence-corrected chi connectivity index (χ4v) is 4.37. The Hall–Kier alpha value is -0.120. The number of ether oxygens (including phenoxy) is 1. The van der Waals surface area contributed by atoms with Crippen LogP contribution in [0.15, 0.2) is 0 Å². The predicted octanol–water partition coefficient (Wildman–Crippen LogP) is 2.51. The SMILES string of the molecule is CNC1C(CN2C[C@@H](C)O[C@@H](C)C2)CCCC1(C)C. The second-order valence-corrected chi connectivity index (χ2v) is 7.38. The lowest BCUT2D eigenvalue weighted by Gasteiger charge is -2.46. The lowest BCUT2D eigenvalue weighted by atomic mass is 9.68. The van der Waals surface area contributed by atoms with Crippen LogP contribution >= 0.6 is 0 Å². The second-order valence-electron chi connectivity index (χ2n) is 7.38. The summed E-state index contributed by atoms with van der Waals surface area (Å²) in [4.78, 5) is 2.62. The van der Waals surface area contributed by atoms with Gasteiger partial charge in [0.25, 0.3) is 0 Å². The summed E-state index contributed by atoms with van der Waals surface area (Å²) in [7, 11) is 2.13. The first kappa shape index (κ1) is 15.3. The third-order valence-electron chi connectivity index (χ3n) is 5.01. The molecule has 1 heterocycles. The molecular weight excluding hydrogens is 236 g/mol. The van der Waals surface area contributed by atoms with Gasteiger partial charge in [-0.1, -0.05) is 20.3 Å². The van der Waals surface area contributed by atoms with Gasteiger partial charge in [0.05, 0.1) is 12.2 Å². The smallest absolute Gasteiger partial charge is 0.0678 e. The molecule has 19 heavy (non-hydrogen) atoms. The van der Waals surface area contributed by atoms with Crippen LogP contribution in [0, 0.1) is 11.3 Å². The van der Waals surface area contributed by atoms with Gasteiger partial charge in [0.1, 0.15) is 0 Å². The zero-order valence-electron chi connectivity index (χ0n) is 13.4. The summed E-state index contributed by atoms with van der Waals surface area (Å²) in [5.74, 6) is 0.784. The average Bonchev–Trinajstić information content (AvgIpc) is 2.26. The van der Waals surface area contributed by atoms with Crippen molar-refractivity contribution in [2.24, 2.45) is 11.3 Å². The van der Waals surface area contributed by atoms with Gasteiger partial charge in [-0.25, -0.2) is 0 Å². The van der Waals surface area contributed by atoms with Gasteiger partial charge in [0.15, 0.2) is 0 Å². The Labute approximate surface area is 119 Å². The Morgan fingerprint density at radius 3 is 2.42 bits per heavy atom. The number of hydrogen-bond acceptors (Lipinski definition) is 3. The van der Waals surface area contributed by atoms with Gasteiger partial charge in [-0.2, -0.15) is 0 Å². The van der Waals surface area contributed by atoms with E-state index in [0.29, 0.717) is 23.7 Å². The molecule has 2 fully saturated rings. The first-order valence-corrected chi connectivity index (χ1v) is 7.97. The van der Waals surface area contributed by atoms with Gasteiger partial charge in [-0.3, -0.25) is 4.90 Å². The highest BCUT2D eigenvalue weighted by atomic mass is 16.5. The molecule has 0 aromatic heterocycles. The number of morpholine rings is 1. The van der Waals surface area contributed by atoms with E-state index >= 15 is 0 Å². The van der Waals surface area contributed by atoms with Crippen molar-refractivity contribution >= 4 is 0 Å². The van der Waals surface area contributed by atoms with Gasteiger partial charge in [-0.15, -0.1) is 0 Å². The van der Waals surface area contributed by atoms with Crippen molar-refractivity contribution in [3.05, 3.63) is 0 Å². The van der Waals surface area contributed by atoms with E-state index in [1.165, 1.54) is 25.8 Å². The van der Waals surface area contributed by atoms with Crippen LogP contribution in [0.2, 0.25) is 0 Å². The summed E-state index contributed by atoms with van der Waals surface area (Å²) in [5.41, 5.74) is 0.432. The molecule has 1 N–H and O–H groups in total. The van der Waals surface area contributed by atoms with Crippen LogP contribution in [0.1, 0.15) is 47.0 Å². The molecule has 1 saturated heterocycles. The maximum absolute atomic E-state index is 5.84. The fourth-order valence-electron chi connectivity index (χ4n) is 4.37. The van der Waals surface area contributed by atoms with Crippen LogP contribution < -0.4 is 5.32 Å². The standard InChI is InChI=1S/C16H32N2O/c1-12-9-18(10-13(2)19-12)11-14-7-6-8-16(3,4)15(14)17-5/h12-15,17H,6-11H2,1-5H3/t12-,13+,14?,15?. The number of hydrogen-bond donors (Lipinski definition) is 1. The lowest BCUT2D eigenvalue weighted by molar-refractivity contribution is -0.0760. The Morgan fingerprint density at radius 1 is 1.21 bits per heavy atom. The molecule has 2 aliphatic rings. The average molecular weight is 268 g/mol. The van der Waals surface area contributed by atoms with E-state index in [2.05, 4.69) is 45.0 Å². The monoisotopic (exact) mass is 268 g/mol. The van der Waals surface area contributed by atoms with Gasteiger partial charge in [0.2, 0.25) is 0 Å². The van der Waals surface area contributed by atoms with Gasteiger partial charge >= 0.3 is 0 Å². The van der Waals surface area contributed by atoms with Crippen LogP contribution in [0.5, 0.6) is 0 Å². The summed E-state index contributed by atoms with van der Waals surface area (Å²) in [6.07, 6.45) is 4.87. The minimum Gasteiger partial charge on any atom is -0.373 e. The van der Waals surface area contributed by atoms with Crippen molar-refractivity contribution in [3.63, 3.8) is 0 Å². The normalized spacial score (nSPS) is 40.3. The van der Waals surface area contributed by atoms with E-state index in [-0.39, 0.29) is 0 Å². The summed E-state index contributed by atoms with van der Waals surface area (Å²) in [6, 6.07) is 0.648. The predicted molar refractivity (Wildman–Crippen MR) is 80.4 cm³/mol. The molecule has 3 nitrogen and oxygen atoms in total. The molecular formula is C16H32N2O. The topological polar surface area (TPSA) is 24.5 Å². The Kier molecular flexibility index (Phi) is 4.91. The van der Waals surface area contributed by atoms with Crippen LogP contribution in [0.4, 0.5) is 0 Å². The van der Waals surface area contributed by atoms with Crippen LogP contribution in [0.3, 0.4) is 0 Å². The zero-order chi connectivity index (χ0) is 14.0. The molecule has 1 aliphatic heterocycles. The lowest BCUT2D eigenvalue weighted by Crippen LogP contribution is -2.54.